The van der Waals surface area contributed by atoms with E-state index in [9.17, 15) is 4.79 Å². The fourth-order valence-electron chi connectivity index (χ4n) is 1.33. The van der Waals surface area contributed by atoms with Crippen molar-refractivity contribution in [2.75, 3.05) is 18.1 Å². The first-order valence-corrected chi connectivity index (χ1v) is 4.21. The molecule has 1 aromatic carbocycles. The van der Waals surface area contributed by atoms with E-state index in [1.54, 1.807) is 24.3 Å². The predicted molar refractivity (Wildman–Crippen MR) is 49.9 cm³/mol. The first-order valence-electron chi connectivity index (χ1n) is 4.21. The average Bonchev–Trinajstić information content (AvgIpc) is 2.65. The van der Waals surface area contributed by atoms with Crippen molar-refractivity contribution in [3.63, 3.8) is 0 Å². The summed E-state index contributed by atoms with van der Waals surface area (Å²) in [5.74, 6) is 0. The number of amides is 1. The van der Waals surface area contributed by atoms with E-state index in [1.807, 2.05) is 0 Å². The van der Waals surface area contributed by atoms with Gasteiger partial charge in [0.1, 0.15) is 6.61 Å². The van der Waals surface area contributed by atoms with Gasteiger partial charge in [0.05, 0.1) is 6.54 Å². The Bertz CT molecular complexity index is 394. The molecule has 1 fully saturated rings. The third kappa shape index (κ3) is 1.38. The topological polar surface area (TPSA) is 57.7 Å². The molecule has 2 rings (SSSR count). The SMILES string of the molecule is N#[N+]c1ccc(N2CCOC2=O)cc1. The summed E-state index contributed by atoms with van der Waals surface area (Å²) in [5.41, 5.74) is 1.21. The van der Waals surface area contributed by atoms with E-state index in [0.717, 1.165) is 5.69 Å². The molecule has 0 N–H and O–H groups in total. The summed E-state index contributed by atoms with van der Waals surface area (Å²) in [6.45, 7) is 0.986. The molecule has 0 saturated carbocycles. The molecule has 5 nitrogen and oxygen atoms in total. The maximum atomic E-state index is 11.2. The Balaban J connectivity index is 2.25. The Hall–Kier alpha value is -2.09. The van der Waals surface area contributed by atoms with Crippen LogP contribution in [0.4, 0.5) is 16.2 Å². The molecule has 1 aromatic rings. The van der Waals surface area contributed by atoms with Crippen LogP contribution in [0.1, 0.15) is 0 Å². The molecule has 5 heteroatoms. The molecule has 0 atom stereocenters. The van der Waals surface area contributed by atoms with Crippen LogP contribution in [0.3, 0.4) is 0 Å². The lowest BCUT2D eigenvalue weighted by Crippen LogP contribution is -2.22. The van der Waals surface area contributed by atoms with Crippen molar-refractivity contribution in [2.24, 2.45) is 0 Å². The van der Waals surface area contributed by atoms with Gasteiger partial charge < -0.3 is 4.74 Å². The highest BCUT2D eigenvalue weighted by Gasteiger charge is 2.23. The van der Waals surface area contributed by atoms with Crippen LogP contribution in [-0.4, -0.2) is 19.2 Å². The van der Waals surface area contributed by atoms with Crippen molar-refractivity contribution in [3.05, 3.63) is 29.2 Å². The van der Waals surface area contributed by atoms with Gasteiger partial charge in [-0.25, -0.2) is 4.79 Å². The molecule has 0 unspecified atom stereocenters. The minimum Gasteiger partial charge on any atom is -0.447 e. The van der Waals surface area contributed by atoms with E-state index in [0.29, 0.717) is 18.8 Å². The van der Waals surface area contributed by atoms with Crippen molar-refractivity contribution in [3.8, 4) is 0 Å². The van der Waals surface area contributed by atoms with Crippen molar-refractivity contribution < 1.29 is 9.53 Å². The quantitative estimate of drug-likeness (QED) is 0.637. The van der Waals surface area contributed by atoms with E-state index in [1.165, 1.54) is 4.90 Å². The van der Waals surface area contributed by atoms with E-state index in [2.05, 4.69) is 4.98 Å². The van der Waals surface area contributed by atoms with Gasteiger partial charge in [0, 0.05) is 17.8 Å². The van der Waals surface area contributed by atoms with E-state index in [4.69, 9.17) is 10.1 Å². The molecule has 14 heavy (non-hydrogen) atoms. The van der Waals surface area contributed by atoms with Gasteiger partial charge in [0.2, 0.25) is 5.39 Å². The zero-order chi connectivity index (χ0) is 9.97. The van der Waals surface area contributed by atoms with Gasteiger partial charge in [0.25, 0.3) is 0 Å². The highest BCUT2D eigenvalue weighted by atomic mass is 16.6. The number of hydrogen-bond donors (Lipinski definition) is 0. The van der Waals surface area contributed by atoms with Gasteiger partial charge in [0.15, 0.2) is 4.98 Å². The maximum Gasteiger partial charge on any atom is 0.414 e. The van der Waals surface area contributed by atoms with Crippen molar-refractivity contribution in [2.45, 2.75) is 0 Å². The van der Waals surface area contributed by atoms with Crippen molar-refractivity contribution in [1.29, 1.82) is 5.39 Å². The summed E-state index contributed by atoms with van der Waals surface area (Å²) >= 11 is 0. The molecule has 0 spiro atoms. The Morgan fingerprint density at radius 2 is 2.07 bits per heavy atom. The molecule has 1 amide bonds. The standard InChI is InChI=1S/C9H8N3O2/c10-11-7-1-3-8(4-2-7)12-5-6-14-9(12)13/h1-4H,5-6H2/q+1. The van der Waals surface area contributed by atoms with Crippen LogP contribution in [0.25, 0.3) is 4.98 Å². The number of carbonyl (C=O) groups is 1. The van der Waals surface area contributed by atoms with E-state index in [-0.39, 0.29) is 6.09 Å². The fraction of sp³-hybridized carbons (Fsp3) is 0.222. The molecule has 1 saturated heterocycles. The largest absolute Gasteiger partial charge is 0.447 e. The van der Waals surface area contributed by atoms with Crippen LogP contribution in [0, 0.1) is 5.39 Å². The Morgan fingerprint density at radius 3 is 2.57 bits per heavy atom. The number of nitrogens with zero attached hydrogens (tertiary/aromatic N) is 3. The Kier molecular flexibility index (Phi) is 2.03. The minimum atomic E-state index is -0.335. The van der Waals surface area contributed by atoms with Gasteiger partial charge >= 0.3 is 11.8 Å². The number of anilines is 1. The van der Waals surface area contributed by atoms with E-state index < -0.39 is 0 Å². The molecule has 0 bridgehead atoms. The Labute approximate surface area is 80.5 Å². The highest BCUT2D eigenvalue weighted by Crippen LogP contribution is 2.21. The average molecular weight is 190 g/mol. The lowest BCUT2D eigenvalue weighted by molar-refractivity contribution is 0.181. The predicted octanol–water partition coefficient (Wildman–Crippen LogP) is 2.13. The van der Waals surface area contributed by atoms with Gasteiger partial charge in [-0.2, -0.15) is 0 Å². The van der Waals surface area contributed by atoms with Gasteiger partial charge in [-0.3, -0.25) is 4.90 Å². The van der Waals surface area contributed by atoms with Crippen LogP contribution in [0.15, 0.2) is 24.3 Å². The number of hydrogen-bond acceptors (Lipinski definition) is 3. The van der Waals surface area contributed by atoms with Crippen LogP contribution in [-0.2, 0) is 4.74 Å². The van der Waals surface area contributed by atoms with E-state index >= 15 is 0 Å². The van der Waals surface area contributed by atoms with Crippen molar-refractivity contribution >= 4 is 17.5 Å². The lowest BCUT2D eigenvalue weighted by Gasteiger charge is -2.10. The number of benzene rings is 1. The summed E-state index contributed by atoms with van der Waals surface area (Å²) in [7, 11) is 0. The zero-order valence-electron chi connectivity index (χ0n) is 7.38. The number of carbonyl (C=O) groups excluding carboxylic acids is 1. The third-order valence-corrected chi connectivity index (χ3v) is 2.04. The molecular weight excluding hydrogens is 182 g/mol. The molecule has 1 aliphatic rings. The van der Waals surface area contributed by atoms with Crippen LogP contribution < -0.4 is 4.90 Å². The number of diazo groups is 1. The summed E-state index contributed by atoms with van der Waals surface area (Å²) in [6.07, 6.45) is -0.335. The fourth-order valence-corrected chi connectivity index (χ4v) is 1.33. The first-order chi connectivity index (χ1) is 6.81. The molecule has 0 radical (unpaired) electrons. The normalized spacial score (nSPS) is 15.1. The molecule has 70 valence electrons. The molecular formula is C9H8N3O2+. The second-order valence-corrected chi connectivity index (χ2v) is 2.88. The maximum absolute atomic E-state index is 11.2. The molecule has 1 aliphatic heterocycles. The summed E-state index contributed by atoms with van der Waals surface area (Å²) in [5, 5.41) is 8.47. The summed E-state index contributed by atoms with van der Waals surface area (Å²) in [4.78, 5) is 15.7. The lowest BCUT2D eigenvalue weighted by atomic mass is 10.2. The van der Waals surface area contributed by atoms with Crippen LogP contribution >= 0.6 is 0 Å². The highest BCUT2D eigenvalue weighted by molar-refractivity contribution is 5.89. The Morgan fingerprint density at radius 1 is 1.36 bits per heavy atom. The van der Waals surface area contributed by atoms with Crippen molar-refractivity contribution in [1.82, 2.24) is 0 Å². The molecule has 0 aliphatic carbocycles. The molecule has 0 aromatic heterocycles. The van der Waals surface area contributed by atoms with Crippen LogP contribution in [0.5, 0.6) is 0 Å². The number of cyclic esters (lactones) is 1. The van der Waals surface area contributed by atoms with Gasteiger partial charge in [-0.15, -0.1) is 0 Å². The molecule has 1 heterocycles. The van der Waals surface area contributed by atoms with Crippen LogP contribution in [0.2, 0.25) is 0 Å². The summed E-state index contributed by atoms with van der Waals surface area (Å²) < 4.78 is 4.79. The second-order valence-electron chi connectivity index (χ2n) is 2.88. The summed E-state index contributed by atoms with van der Waals surface area (Å²) in [6, 6.07) is 6.67. The minimum absolute atomic E-state index is 0.335. The number of rotatable bonds is 1. The monoisotopic (exact) mass is 190 g/mol. The number of ether oxygens (including phenoxy) is 1. The second kappa shape index (κ2) is 3.34. The van der Waals surface area contributed by atoms with Gasteiger partial charge in [-0.1, -0.05) is 0 Å². The first kappa shape index (κ1) is 8.51. The smallest absolute Gasteiger partial charge is 0.414 e. The third-order valence-electron chi connectivity index (χ3n) is 2.04. The zero-order valence-corrected chi connectivity index (χ0v) is 7.38. The van der Waals surface area contributed by atoms with Gasteiger partial charge in [-0.05, 0) is 12.1 Å².